The number of rotatable bonds is 6. The smallest absolute Gasteiger partial charge is 0.304 e. The molecule has 0 aromatic heterocycles. The van der Waals surface area contributed by atoms with Gasteiger partial charge in [-0.25, -0.2) is 0 Å². The van der Waals surface area contributed by atoms with Crippen LogP contribution in [0.25, 0.3) is 0 Å². The second-order valence-electron chi connectivity index (χ2n) is 1.90. The highest BCUT2D eigenvalue weighted by Crippen LogP contribution is 2.03. The van der Waals surface area contributed by atoms with Gasteiger partial charge in [-0.3, -0.25) is 9.59 Å². The quantitative estimate of drug-likeness (QED) is 0.480. The molecule has 0 unspecified atom stereocenters. The van der Waals surface area contributed by atoms with Gasteiger partial charge in [0, 0.05) is 11.5 Å². The predicted octanol–water partition coefficient (Wildman–Crippen LogP) is 0.993. The van der Waals surface area contributed by atoms with Crippen molar-refractivity contribution in [3.8, 4) is 0 Å². The second-order valence-corrected chi connectivity index (χ2v) is 3.12. The van der Waals surface area contributed by atoms with E-state index in [1.54, 1.807) is 0 Å². The summed E-state index contributed by atoms with van der Waals surface area (Å²) in [7, 11) is 0. The maximum Gasteiger partial charge on any atom is 0.304 e. The number of hydrogen-bond acceptors (Lipinski definition) is 5. The van der Waals surface area contributed by atoms with E-state index in [1.807, 2.05) is 0 Å². The van der Waals surface area contributed by atoms with Crippen LogP contribution < -0.4 is 12.3 Å². The van der Waals surface area contributed by atoms with Crippen molar-refractivity contribution in [2.24, 2.45) is 0 Å². The lowest BCUT2D eigenvalue weighted by Crippen LogP contribution is -1.99. The van der Waals surface area contributed by atoms with E-state index in [9.17, 15) is 9.59 Å². The van der Waals surface area contributed by atoms with Gasteiger partial charge in [0.15, 0.2) is 0 Å². The molecule has 0 saturated carbocycles. The van der Waals surface area contributed by atoms with Crippen LogP contribution in [-0.4, -0.2) is 33.7 Å². The SMILES string of the molecule is N.N.O=C(O)CCSCCC(=O)O. The van der Waals surface area contributed by atoms with E-state index < -0.39 is 11.9 Å². The van der Waals surface area contributed by atoms with Crippen LogP contribution in [0.4, 0.5) is 0 Å². The minimum atomic E-state index is -0.840. The molecule has 0 fully saturated rings. The Morgan fingerprint density at radius 2 is 1.23 bits per heavy atom. The van der Waals surface area contributed by atoms with Gasteiger partial charge in [0.25, 0.3) is 0 Å². The number of thioether (sulfide) groups is 1. The van der Waals surface area contributed by atoms with E-state index in [0.717, 1.165) is 0 Å². The summed E-state index contributed by atoms with van der Waals surface area (Å²) in [5.74, 6) is -0.703. The van der Waals surface area contributed by atoms with Gasteiger partial charge in [0.2, 0.25) is 0 Å². The van der Waals surface area contributed by atoms with Crippen LogP contribution in [0, 0.1) is 0 Å². The van der Waals surface area contributed by atoms with Crippen LogP contribution in [0.15, 0.2) is 0 Å². The van der Waals surface area contributed by atoms with Crippen molar-refractivity contribution >= 4 is 23.7 Å². The number of carboxylic acid groups (broad SMARTS) is 2. The van der Waals surface area contributed by atoms with Crippen LogP contribution in [-0.2, 0) is 9.59 Å². The number of carbonyl (C=O) groups is 2. The van der Waals surface area contributed by atoms with Crippen LogP contribution in [0.2, 0.25) is 0 Å². The highest BCUT2D eigenvalue weighted by atomic mass is 32.2. The van der Waals surface area contributed by atoms with Crippen molar-refractivity contribution < 1.29 is 19.8 Å². The van der Waals surface area contributed by atoms with Gasteiger partial charge in [-0.15, -0.1) is 0 Å². The second kappa shape index (κ2) is 11.2. The molecule has 6 nitrogen and oxygen atoms in total. The van der Waals surface area contributed by atoms with Crippen molar-refractivity contribution in [1.82, 2.24) is 12.3 Å². The molecule has 0 aliphatic carbocycles. The van der Waals surface area contributed by atoms with E-state index >= 15 is 0 Å². The predicted molar refractivity (Wildman–Crippen MR) is 51.9 cm³/mol. The zero-order valence-electron chi connectivity index (χ0n) is 7.36. The lowest BCUT2D eigenvalue weighted by Gasteiger charge is -1.94. The summed E-state index contributed by atoms with van der Waals surface area (Å²) in [4.78, 5) is 19.9. The van der Waals surface area contributed by atoms with Gasteiger partial charge >= 0.3 is 11.9 Å². The third kappa shape index (κ3) is 18.3. The highest BCUT2D eigenvalue weighted by Gasteiger charge is 1.98. The minimum Gasteiger partial charge on any atom is -0.481 e. The van der Waals surface area contributed by atoms with Gasteiger partial charge in [0.05, 0.1) is 12.8 Å². The van der Waals surface area contributed by atoms with Gasteiger partial charge in [-0.1, -0.05) is 0 Å². The Labute approximate surface area is 80.9 Å². The Balaban J connectivity index is -0.000000500. The third-order valence-corrected chi connectivity index (χ3v) is 1.91. The molecule has 0 saturated heterocycles. The first-order valence-electron chi connectivity index (χ1n) is 3.14. The van der Waals surface area contributed by atoms with Crippen molar-refractivity contribution in [1.29, 1.82) is 0 Å². The van der Waals surface area contributed by atoms with E-state index in [2.05, 4.69) is 0 Å². The van der Waals surface area contributed by atoms with Crippen LogP contribution in [0.5, 0.6) is 0 Å². The standard InChI is InChI=1S/C6H10O4S.2H3N/c7-5(8)1-3-11-4-2-6(9)10;;/h1-4H2,(H,7,8)(H,9,10);2*1H3. The molecule has 7 heteroatoms. The molecule has 80 valence electrons. The highest BCUT2D eigenvalue weighted by molar-refractivity contribution is 7.99. The van der Waals surface area contributed by atoms with Gasteiger partial charge in [0.1, 0.15) is 0 Å². The molecule has 13 heavy (non-hydrogen) atoms. The monoisotopic (exact) mass is 212 g/mol. The molecule has 0 spiro atoms. The largest absolute Gasteiger partial charge is 0.481 e. The number of hydrogen-bond donors (Lipinski definition) is 4. The Bertz CT molecular complexity index is 138. The summed E-state index contributed by atoms with van der Waals surface area (Å²) in [6, 6.07) is 0. The van der Waals surface area contributed by atoms with Crippen LogP contribution in [0.1, 0.15) is 12.8 Å². The van der Waals surface area contributed by atoms with Crippen molar-refractivity contribution in [3.63, 3.8) is 0 Å². The first kappa shape index (κ1) is 18.1. The van der Waals surface area contributed by atoms with Gasteiger partial charge < -0.3 is 22.5 Å². The summed E-state index contributed by atoms with van der Waals surface area (Å²) in [5, 5.41) is 16.4. The summed E-state index contributed by atoms with van der Waals surface area (Å²) in [5.41, 5.74) is 0. The maximum absolute atomic E-state index is 9.97. The molecule has 0 heterocycles. The molecule has 0 aromatic rings. The molecular formula is C6H16N2O4S. The summed E-state index contributed by atoms with van der Waals surface area (Å²) < 4.78 is 0. The number of aliphatic carboxylic acids is 2. The number of carboxylic acids is 2. The fourth-order valence-electron chi connectivity index (χ4n) is 0.421. The molecule has 0 radical (unpaired) electrons. The van der Waals surface area contributed by atoms with Gasteiger partial charge in [-0.05, 0) is 0 Å². The Kier molecular flexibility index (Phi) is 15.6. The van der Waals surface area contributed by atoms with E-state index in [1.165, 1.54) is 11.8 Å². The molecule has 0 bridgehead atoms. The molecule has 8 N–H and O–H groups in total. The third-order valence-electron chi connectivity index (χ3n) is 0.921. The van der Waals surface area contributed by atoms with Gasteiger partial charge in [-0.2, -0.15) is 11.8 Å². The zero-order valence-corrected chi connectivity index (χ0v) is 8.18. The first-order valence-corrected chi connectivity index (χ1v) is 4.29. The Hall–Kier alpha value is -0.790. The van der Waals surface area contributed by atoms with Crippen molar-refractivity contribution in [2.75, 3.05) is 11.5 Å². The topological polar surface area (TPSA) is 145 Å². The molecule has 0 rings (SSSR count). The van der Waals surface area contributed by atoms with E-state index in [4.69, 9.17) is 10.2 Å². The lowest BCUT2D eigenvalue weighted by atomic mass is 10.5. The van der Waals surface area contributed by atoms with E-state index in [0.29, 0.717) is 11.5 Å². The van der Waals surface area contributed by atoms with Crippen molar-refractivity contribution in [2.45, 2.75) is 12.8 Å². The summed E-state index contributed by atoms with van der Waals surface area (Å²) >= 11 is 1.35. The van der Waals surface area contributed by atoms with Crippen LogP contribution >= 0.6 is 11.8 Å². The van der Waals surface area contributed by atoms with E-state index in [-0.39, 0.29) is 25.1 Å². The maximum atomic E-state index is 9.97. The summed E-state index contributed by atoms with van der Waals surface area (Å²) in [6.07, 6.45) is 0.203. The molecule has 0 aliphatic rings. The molecule has 0 aliphatic heterocycles. The summed E-state index contributed by atoms with van der Waals surface area (Å²) in [6.45, 7) is 0. The zero-order chi connectivity index (χ0) is 8.69. The first-order chi connectivity index (χ1) is 5.13. The molecule has 0 aromatic carbocycles. The average Bonchev–Trinajstić information content (AvgIpc) is 1.85. The normalized spacial score (nSPS) is 8.00. The Morgan fingerprint density at radius 3 is 1.46 bits per heavy atom. The average molecular weight is 212 g/mol. The lowest BCUT2D eigenvalue weighted by molar-refractivity contribution is -0.137. The fourth-order valence-corrected chi connectivity index (χ4v) is 1.26. The Morgan fingerprint density at radius 1 is 0.923 bits per heavy atom. The molecule has 0 atom stereocenters. The molecular weight excluding hydrogens is 196 g/mol. The van der Waals surface area contributed by atoms with Crippen LogP contribution in [0.3, 0.4) is 0 Å². The molecule has 0 amide bonds. The fraction of sp³-hybridized carbons (Fsp3) is 0.667. The minimum absolute atomic E-state index is 0. The van der Waals surface area contributed by atoms with Crippen molar-refractivity contribution in [3.05, 3.63) is 0 Å².